The van der Waals surface area contributed by atoms with E-state index in [2.05, 4.69) is 43.8 Å². The van der Waals surface area contributed by atoms with Crippen LogP contribution in [0.2, 0.25) is 5.02 Å². The third-order valence-corrected chi connectivity index (χ3v) is 5.74. The summed E-state index contributed by atoms with van der Waals surface area (Å²) in [5.74, 6) is 0.0841. The molecule has 2 aromatic carbocycles. The second-order valence-electron chi connectivity index (χ2n) is 7.17. The van der Waals surface area contributed by atoms with Crippen LogP contribution < -0.4 is 0 Å². The maximum atomic E-state index is 6.75. The van der Waals surface area contributed by atoms with Crippen molar-refractivity contribution in [2.75, 3.05) is 0 Å². The SMILES string of the molecule is Clc1cccc(-n2cnc3ccccc32)c1CC(c1cccnc1)c1cccnc1. The first-order valence-electron chi connectivity index (χ1n) is 9.81. The van der Waals surface area contributed by atoms with Crippen LogP contribution >= 0.6 is 11.6 Å². The molecule has 0 unspecified atom stereocenters. The summed E-state index contributed by atoms with van der Waals surface area (Å²) in [6.45, 7) is 0. The van der Waals surface area contributed by atoms with Crippen LogP contribution in [0.1, 0.15) is 22.6 Å². The molecule has 3 heterocycles. The number of benzene rings is 2. The normalized spacial score (nSPS) is 11.3. The van der Waals surface area contributed by atoms with Crippen molar-refractivity contribution in [1.82, 2.24) is 19.5 Å². The first kappa shape index (κ1) is 18.5. The lowest BCUT2D eigenvalue weighted by atomic mass is 9.87. The highest BCUT2D eigenvalue weighted by Crippen LogP contribution is 2.34. The summed E-state index contributed by atoms with van der Waals surface area (Å²) in [5.41, 5.74) is 6.38. The average molecular weight is 411 g/mol. The molecular formula is C25H19ClN4. The predicted molar refractivity (Wildman–Crippen MR) is 120 cm³/mol. The van der Waals surface area contributed by atoms with Crippen LogP contribution in [-0.2, 0) is 6.42 Å². The Balaban J connectivity index is 1.65. The van der Waals surface area contributed by atoms with Crippen LogP contribution in [-0.4, -0.2) is 19.5 Å². The van der Waals surface area contributed by atoms with Gasteiger partial charge in [-0.3, -0.25) is 14.5 Å². The maximum Gasteiger partial charge on any atom is 0.100 e. The lowest BCUT2D eigenvalue weighted by Crippen LogP contribution is -2.09. The number of hydrogen-bond donors (Lipinski definition) is 0. The van der Waals surface area contributed by atoms with Crippen LogP contribution in [0.25, 0.3) is 16.7 Å². The molecule has 0 fully saturated rings. The van der Waals surface area contributed by atoms with E-state index in [1.807, 2.05) is 61.2 Å². The zero-order chi connectivity index (χ0) is 20.3. The van der Waals surface area contributed by atoms with Crippen LogP contribution in [0, 0.1) is 0 Å². The summed E-state index contributed by atoms with van der Waals surface area (Å²) >= 11 is 6.75. The van der Waals surface area contributed by atoms with Gasteiger partial charge in [-0.05, 0) is 59.5 Å². The van der Waals surface area contributed by atoms with E-state index in [0.717, 1.165) is 44.9 Å². The van der Waals surface area contributed by atoms with Crippen molar-refractivity contribution in [2.24, 2.45) is 0 Å². The van der Waals surface area contributed by atoms with Gasteiger partial charge in [-0.1, -0.05) is 41.9 Å². The summed E-state index contributed by atoms with van der Waals surface area (Å²) in [4.78, 5) is 13.2. The van der Waals surface area contributed by atoms with Crippen molar-refractivity contribution < 1.29 is 0 Å². The molecule has 3 aromatic heterocycles. The van der Waals surface area contributed by atoms with Gasteiger partial charge in [0.25, 0.3) is 0 Å². The summed E-state index contributed by atoms with van der Waals surface area (Å²) in [5, 5.41) is 0.739. The first-order valence-corrected chi connectivity index (χ1v) is 10.2. The Bertz CT molecular complexity index is 1240. The Morgan fingerprint density at radius 2 is 1.53 bits per heavy atom. The molecule has 0 amide bonds. The molecule has 0 aliphatic heterocycles. The minimum Gasteiger partial charge on any atom is -0.299 e. The van der Waals surface area contributed by atoms with Gasteiger partial charge in [0.2, 0.25) is 0 Å². The molecule has 4 nitrogen and oxygen atoms in total. The Labute approximate surface area is 179 Å². The number of fused-ring (bicyclic) bond motifs is 1. The zero-order valence-corrected chi connectivity index (χ0v) is 16.9. The Hall–Kier alpha value is -3.50. The van der Waals surface area contributed by atoms with Crippen LogP contribution in [0.4, 0.5) is 0 Å². The van der Waals surface area contributed by atoms with Crippen molar-refractivity contribution in [1.29, 1.82) is 0 Å². The predicted octanol–water partition coefficient (Wildman–Crippen LogP) is 5.84. The van der Waals surface area contributed by atoms with Crippen LogP contribution in [0.5, 0.6) is 0 Å². The van der Waals surface area contributed by atoms with Crippen molar-refractivity contribution in [3.8, 4) is 5.69 Å². The number of rotatable bonds is 5. The fourth-order valence-corrected chi connectivity index (χ4v) is 4.17. The molecule has 30 heavy (non-hydrogen) atoms. The molecule has 5 aromatic rings. The van der Waals surface area contributed by atoms with E-state index in [0.29, 0.717) is 0 Å². The van der Waals surface area contributed by atoms with Gasteiger partial charge in [-0.15, -0.1) is 0 Å². The topological polar surface area (TPSA) is 43.6 Å². The van der Waals surface area contributed by atoms with E-state index < -0.39 is 0 Å². The number of hydrogen-bond acceptors (Lipinski definition) is 3. The number of para-hydroxylation sites is 2. The molecule has 0 atom stereocenters. The molecule has 0 N–H and O–H groups in total. The molecule has 0 radical (unpaired) electrons. The Morgan fingerprint density at radius 1 is 0.800 bits per heavy atom. The van der Waals surface area contributed by atoms with Gasteiger partial charge in [-0.25, -0.2) is 4.98 Å². The number of aromatic nitrogens is 4. The van der Waals surface area contributed by atoms with Gasteiger partial charge < -0.3 is 0 Å². The Morgan fingerprint density at radius 3 is 2.23 bits per heavy atom. The average Bonchev–Trinajstić information content (AvgIpc) is 3.23. The minimum atomic E-state index is 0.0841. The molecule has 0 bridgehead atoms. The molecule has 0 aliphatic carbocycles. The number of nitrogens with zero attached hydrogens (tertiary/aromatic N) is 4. The highest BCUT2D eigenvalue weighted by molar-refractivity contribution is 6.31. The van der Waals surface area contributed by atoms with E-state index in [1.165, 1.54) is 0 Å². The molecule has 5 rings (SSSR count). The largest absolute Gasteiger partial charge is 0.299 e. The number of halogens is 1. The number of imidazole rings is 1. The van der Waals surface area contributed by atoms with Gasteiger partial charge in [0.15, 0.2) is 0 Å². The standard InChI is InChI=1S/C25H19ClN4/c26-22-8-3-11-24(30-17-29-23-9-1-2-10-25(23)30)21(22)14-20(18-6-4-12-27-15-18)19-7-5-13-28-16-19/h1-13,15-17,20H,14H2. The molecule has 0 saturated heterocycles. The maximum absolute atomic E-state index is 6.75. The van der Waals surface area contributed by atoms with Gasteiger partial charge in [0.05, 0.1) is 16.7 Å². The molecule has 0 saturated carbocycles. The molecular weight excluding hydrogens is 392 g/mol. The van der Waals surface area contributed by atoms with Crippen LogP contribution in [0.15, 0.2) is 97.8 Å². The number of pyridine rings is 2. The highest BCUT2D eigenvalue weighted by atomic mass is 35.5. The summed E-state index contributed by atoms with van der Waals surface area (Å²) in [7, 11) is 0. The van der Waals surface area contributed by atoms with E-state index in [9.17, 15) is 0 Å². The van der Waals surface area contributed by atoms with Crippen molar-refractivity contribution >= 4 is 22.6 Å². The van der Waals surface area contributed by atoms with E-state index in [1.54, 1.807) is 12.4 Å². The van der Waals surface area contributed by atoms with Gasteiger partial charge in [0, 0.05) is 35.7 Å². The second kappa shape index (κ2) is 8.09. The fraction of sp³-hybridized carbons (Fsp3) is 0.0800. The van der Waals surface area contributed by atoms with Gasteiger partial charge in [-0.2, -0.15) is 0 Å². The molecule has 0 aliphatic rings. The van der Waals surface area contributed by atoms with Crippen molar-refractivity contribution in [2.45, 2.75) is 12.3 Å². The lowest BCUT2D eigenvalue weighted by molar-refractivity contribution is 0.788. The van der Waals surface area contributed by atoms with Gasteiger partial charge >= 0.3 is 0 Å². The smallest absolute Gasteiger partial charge is 0.100 e. The Kier molecular flexibility index (Phi) is 4.99. The third-order valence-electron chi connectivity index (χ3n) is 5.39. The summed E-state index contributed by atoms with van der Waals surface area (Å²) < 4.78 is 2.11. The summed E-state index contributed by atoms with van der Waals surface area (Å²) in [6.07, 6.45) is 10.0. The summed E-state index contributed by atoms with van der Waals surface area (Å²) in [6, 6.07) is 22.3. The second-order valence-corrected chi connectivity index (χ2v) is 7.58. The van der Waals surface area contributed by atoms with E-state index in [-0.39, 0.29) is 5.92 Å². The lowest BCUT2D eigenvalue weighted by Gasteiger charge is -2.21. The third kappa shape index (κ3) is 3.46. The fourth-order valence-electron chi connectivity index (χ4n) is 3.92. The van der Waals surface area contributed by atoms with E-state index >= 15 is 0 Å². The zero-order valence-electron chi connectivity index (χ0n) is 16.2. The molecule has 146 valence electrons. The molecule has 0 spiro atoms. The van der Waals surface area contributed by atoms with Crippen LogP contribution in [0.3, 0.4) is 0 Å². The first-order chi connectivity index (χ1) is 14.8. The van der Waals surface area contributed by atoms with Crippen molar-refractivity contribution in [3.05, 3.63) is 120 Å². The van der Waals surface area contributed by atoms with Crippen molar-refractivity contribution in [3.63, 3.8) is 0 Å². The highest BCUT2D eigenvalue weighted by Gasteiger charge is 2.20. The quantitative estimate of drug-likeness (QED) is 0.365. The molecule has 5 heteroatoms. The van der Waals surface area contributed by atoms with E-state index in [4.69, 9.17) is 11.6 Å². The van der Waals surface area contributed by atoms with Gasteiger partial charge in [0.1, 0.15) is 6.33 Å². The minimum absolute atomic E-state index is 0.0841. The monoisotopic (exact) mass is 410 g/mol.